The van der Waals surface area contributed by atoms with Crippen molar-refractivity contribution in [2.75, 3.05) is 7.11 Å². The van der Waals surface area contributed by atoms with Crippen molar-refractivity contribution in [3.05, 3.63) is 53.1 Å². The first kappa shape index (κ1) is 34.8. The number of rotatable bonds is 3. The molecule has 3 aromatic rings. The standard InChI is InChI=1S/C9H14N2O2.C8H14N2O.C8H12N2O.Mn.2O/c1-9(2,3)7-6(8(12)13-4)10-5-11-7;2*1-8(2,3)7-6(4-11)9-5-10-7;;;/h5H,1-4H3,(H,10,11);5,11H,4H2,1-3H3,(H,9,10);4-5H,1-3H3,(H,9,10);;;. The van der Waals surface area contributed by atoms with Gasteiger partial charge < -0.3 is 24.8 Å². The summed E-state index contributed by atoms with van der Waals surface area (Å²) in [6.45, 7) is 18.4. The third-order valence-electron chi connectivity index (χ3n) is 4.89. The Labute approximate surface area is 229 Å². The second kappa shape index (κ2) is 15.3. The van der Waals surface area contributed by atoms with Gasteiger partial charge >= 0.3 is 28.5 Å². The maximum atomic E-state index is 11.2. The Hall–Kier alpha value is -3.15. The molecule has 0 amide bonds. The van der Waals surface area contributed by atoms with Crippen molar-refractivity contribution in [2.24, 2.45) is 0 Å². The Kier molecular flexibility index (Phi) is 14.0. The molecule has 38 heavy (non-hydrogen) atoms. The van der Waals surface area contributed by atoms with Crippen molar-refractivity contribution in [2.45, 2.75) is 85.2 Å². The van der Waals surface area contributed by atoms with Gasteiger partial charge in [-0.1, -0.05) is 62.3 Å². The second-order valence-electron chi connectivity index (χ2n) is 11.1. The van der Waals surface area contributed by atoms with Gasteiger partial charge in [-0.15, -0.1) is 0 Å². The van der Waals surface area contributed by atoms with E-state index in [0.29, 0.717) is 11.4 Å². The Morgan fingerprint density at radius 3 is 1.71 bits per heavy atom. The zero-order valence-corrected chi connectivity index (χ0v) is 24.9. The fourth-order valence-corrected chi connectivity index (χ4v) is 3.20. The quantitative estimate of drug-likeness (QED) is 0.204. The monoisotopic (exact) mass is 575 g/mol. The first-order valence-corrected chi connectivity index (χ1v) is 12.6. The molecule has 0 aliphatic rings. The Morgan fingerprint density at radius 1 is 0.868 bits per heavy atom. The van der Waals surface area contributed by atoms with Gasteiger partial charge in [0.25, 0.3) is 0 Å². The third-order valence-corrected chi connectivity index (χ3v) is 4.89. The molecule has 3 aromatic heterocycles. The van der Waals surface area contributed by atoms with Gasteiger partial charge in [0.2, 0.25) is 0 Å². The van der Waals surface area contributed by atoms with Gasteiger partial charge in [0, 0.05) is 16.2 Å². The number of aliphatic hydroxyl groups excluding tert-OH is 1. The number of H-pyrrole nitrogens is 3. The molecule has 0 aromatic carbocycles. The molecule has 0 spiro atoms. The van der Waals surface area contributed by atoms with Crippen LogP contribution >= 0.6 is 0 Å². The van der Waals surface area contributed by atoms with Gasteiger partial charge in [0.1, 0.15) is 5.69 Å². The Bertz CT molecular complexity index is 1170. The molecule has 0 saturated heterocycles. The summed E-state index contributed by atoms with van der Waals surface area (Å²) in [5.41, 5.74) is 4.20. The molecule has 0 atom stereocenters. The molecule has 213 valence electrons. The summed E-state index contributed by atoms with van der Waals surface area (Å²) in [5.74, 6) is -0.397. The summed E-state index contributed by atoms with van der Waals surface area (Å²) >= 11 is -1.44. The van der Waals surface area contributed by atoms with Crippen LogP contribution in [0.1, 0.15) is 106 Å². The van der Waals surface area contributed by atoms with E-state index in [0.717, 1.165) is 29.1 Å². The van der Waals surface area contributed by atoms with Crippen LogP contribution in [0.2, 0.25) is 0 Å². The first-order chi connectivity index (χ1) is 17.5. The topological polar surface area (TPSA) is 184 Å². The van der Waals surface area contributed by atoms with Crippen molar-refractivity contribution in [1.82, 2.24) is 29.9 Å². The first-order valence-electron chi connectivity index (χ1n) is 11.6. The van der Waals surface area contributed by atoms with Crippen LogP contribution in [0.5, 0.6) is 0 Å². The van der Waals surface area contributed by atoms with E-state index in [2.05, 4.69) is 55.4 Å². The number of esters is 1. The Morgan fingerprint density at radius 2 is 1.34 bits per heavy atom. The molecular formula is C25H40MnN6O6. The van der Waals surface area contributed by atoms with Gasteiger partial charge in [-0.25, -0.2) is 19.7 Å². The van der Waals surface area contributed by atoms with Crippen LogP contribution in [0.15, 0.2) is 19.0 Å². The molecule has 0 bridgehead atoms. The molecule has 0 aliphatic heterocycles. The zero-order chi connectivity index (χ0) is 29.7. The summed E-state index contributed by atoms with van der Waals surface area (Å²) in [6.07, 6.45) is 5.44. The fourth-order valence-electron chi connectivity index (χ4n) is 3.20. The number of nitrogens with one attached hydrogen (secondary N) is 3. The van der Waals surface area contributed by atoms with E-state index >= 15 is 0 Å². The predicted octanol–water partition coefficient (Wildman–Crippen LogP) is 3.97. The normalized spacial score (nSPS) is 11.0. The Balaban J connectivity index is 0.000000515. The minimum atomic E-state index is -1.44. The van der Waals surface area contributed by atoms with Crippen LogP contribution in [0.25, 0.3) is 0 Å². The van der Waals surface area contributed by atoms with Gasteiger partial charge in [-0.2, -0.15) is 0 Å². The van der Waals surface area contributed by atoms with Gasteiger partial charge in [-0.3, -0.25) is 4.79 Å². The number of aromatic nitrogens is 6. The number of aromatic amines is 3. The van der Waals surface area contributed by atoms with Crippen LogP contribution in [0.4, 0.5) is 0 Å². The fraction of sp³-hybridized carbons (Fsp3) is 0.560. The molecule has 3 heterocycles. The molecule has 3 rings (SSSR count). The van der Waals surface area contributed by atoms with E-state index in [1.807, 2.05) is 41.5 Å². The van der Waals surface area contributed by atoms with Crippen molar-refractivity contribution in [1.29, 1.82) is 0 Å². The van der Waals surface area contributed by atoms with Crippen LogP contribution in [-0.4, -0.2) is 54.4 Å². The molecule has 0 fully saturated rings. The van der Waals surface area contributed by atoms with Crippen LogP contribution in [-0.2, 0) is 50.1 Å². The van der Waals surface area contributed by atoms with E-state index < -0.39 is 20.8 Å². The number of methoxy groups -OCH3 is 1. The van der Waals surface area contributed by atoms with Crippen LogP contribution < -0.4 is 0 Å². The molecule has 12 nitrogen and oxygen atoms in total. The summed E-state index contributed by atoms with van der Waals surface area (Å²) < 4.78 is 21.4. The van der Waals surface area contributed by atoms with Crippen molar-refractivity contribution in [3.8, 4) is 0 Å². The average Bonchev–Trinajstić information content (AvgIpc) is 3.58. The number of carbonyl (C=O) groups excluding carboxylic acids is 2. The second-order valence-corrected chi connectivity index (χ2v) is 11.3. The predicted molar refractivity (Wildman–Crippen MR) is 136 cm³/mol. The van der Waals surface area contributed by atoms with Crippen molar-refractivity contribution in [3.63, 3.8) is 0 Å². The number of imidazole rings is 3. The number of hydrogen-bond acceptors (Lipinski definition) is 9. The van der Waals surface area contributed by atoms with Crippen LogP contribution in [0.3, 0.4) is 0 Å². The number of ether oxygens (including phenoxy) is 1. The average molecular weight is 576 g/mol. The summed E-state index contributed by atoms with van der Waals surface area (Å²) in [5, 5.41) is 8.90. The number of hydrogen-bond donors (Lipinski definition) is 4. The maximum absolute atomic E-state index is 11.2. The molecule has 0 radical (unpaired) electrons. The van der Waals surface area contributed by atoms with Gasteiger partial charge in [0.05, 0.1) is 55.5 Å². The van der Waals surface area contributed by atoms with E-state index in [1.54, 1.807) is 12.7 Å². The number of aldehydes is 1. The summed E-state index contributed by atoms with van der Waals surface area (Å²) in [4.78, 5) is 42.4. The van der Waals surface area contributed by atoms with Gasteiger partial charge in [0.15, 0.2) is 12.0 Å². The third kappa shape index (κ3) is 11.1. The number of nitrogens with zero attached hydrogens (tertiary/aromatic N) is 3. The van der Waals surface area contributed by atoms with E-state index in [-0.39, 0.29) is 22.9 Å². The zero-order valence-electron chi connectivity index (χ0n) is 23.7. The van der Waals surface area contributed by atoms with E-state index in [4.69, 9.17) is 12.8 Å². The minimum absolute atomic E-state index is 0.0120. The van der Waals surface area contributed by atoms with E-state index in [9.17, 15) is 9.59 Å². The molecule has 0 aliphatic carbocycles. The van der Waals surface area contributed by atoms with Crippen LogP contribution in [0, 0.1) is 0 Å². The van der Waals surface area contributed by atoms with E-state index in [1.165, 1.54) is 13.4 Å². The summed E-state index contributed by atoms with van der Waals surface area (Å²) in [7, 11) is 1.35. The molecule has 4 N–H and O–H groups in total. The molecule has 0 saturated carbocycles. The SMILES string of the molecule is CC(C)(C)c1[nH]cnc1C=O.CC(C)(C)c1nc[nH]c1CO.COC(=O)c1nc[nH]c1C(C)(C)C.[O]=[Mn]=[O]. The summed E-state index contributed by atoms with van der Waals surface area (Å²) in [6, 6.07) is 0. The number of aliphatic hydroxyl groups is 1. The van der Waals surface area contributed by atoms with Gasteiger partial charge in [-0.05, 0) is 0 Å². The number of carbonyl (C=O) groups is 2. The van der Waals surface area contributed by atoms with Crippen molar-refractivity contribution < 1.29 is 41.9 Å². The molecule has 0 unspecified atom stereocenters. The molecular weight excluding hydrogens is 535 g/mol. The van der Waals surface area contributed by atoms with Crippen molar-refractivity contribution >= 4 is 12.3 Å². The molecule has 13 heteroatoms.